The van der Waals surface area contributed by atoms with E-state index in [2.05, 4.69) is 49.9 Å². The standard InChI is InChI=1S/C13H18N2/c1-8(2)11-6-14-13-7-15-12(9(3)4)5-10(11)13/h5-9,14H,1-4H3. The molecule has 2 heteroatoms. The lowest BCUT2D eigenvalue weighted by Crippen LogP contribution is -1.92. The average molecular weight is 202 g/mol. The van der Waals surface area contributed by atoms with Crippen molar-refractivity contribution in [1.82, 2.24) is 9.97 Å². The number of pyridine rings is 1. The molecule has 2 aromatic rings. The van der Waals surface area contributed by atoms with Crippen LogP contribution in [-0.2, 0) is 0 Å². The van der Waals surface area contributed by atoms with Gasteiger partial charge in [0.2, 0.25) is 0 Å². The molecule has 1 N–H and O–H groups in total. The Hall–Kier alpha value is -1.31. The number of rotatable bonds is 2. The molecule has 2 rings (SSSR count). The summed E-state index contributed by atoms with van der Waals surface area (Å²) < 4.78 is 0. The Morgan fingerprint density at radius 3 is 2.47 bits per heavy atom. The Morgan fingerprint density at radius 2 is 1.87 bits per heavy atom. The minimum atomic E-state index is 0.490. The quantitative estimate of drug-likeness (QED) is 0.788. The van der Waals surface area contributed by atoms with Crippen LogP contribution in [0.3, 0.4) is 0 Å². The van der Waals surface area contributed by atoms with Gasteiger partial charge in [-0.2, -0.15) is 0 Å². The van der Waals surface area contributed by atoms with E-state index in [-0.39, 0.29) is 0 Å². The lowest BCUT2D eigenvalue weighted by molar-refractivity contribution is 0.825. The highest BCUT2D eigenvalue weighted by molar-refractivity contribution is 5.83. The summed E-state index contributed by atoms with van der Waals surface area (Å²) in [5, 5.41) is 1.32. The van der Waals surface area contributed by atoms with Gasteiger partial charge in [0, 0.05) is 17.3 Å². The van der Waals surface area contributed by atoms with Gasteiger partial charge in [0.1, 0.15) is 0 Å². The molecule has 0 atom stereocenters. The van der Waals surface area contributed by atoms with Gasteiger partial charge in [0.15, 0.2) is 0 Å². The molecule has 0 fully saturated rings. The summed E-state index contributed by atoms with van der Waals surface area (Å²) in [5.41, 5.74) is 3.70. The van der Waals surface area contributed by atoms with E-state index in [4.69, 9.17) is 0 Å². The number of fused-ring (bicyclic) bond motifs is 1. The van der Waals surface area contributed by atoms with Crippen molar-refractivity contribution in [3.8, 4) is 0 Å². The number of H-pyrrole nitrogens is 1. The molecule has 0 saturated carbocycles. The van der Waals surface area contributed by atoms with E-state index >= 15 is 0 Å². The fraction of sp³-hybridized carbons (Fsp3) is 0.462. The number of nitrogens with one attached hydrogen (secondary N) is 1. The number of aromatic nitrogens is 2. The van der Waals surface area contributed by atoms with Gasteiger partial charge >= 0.3 is 0 Å². The van der Waals surface area contributed by atoms with Crippen LogP contribution in [0, 0.1) is 0 Å². The van der Waals surface area contributed by atoms with Crippen molar-refractivity contribution < 1.29 is 0 Å². The maximum Gasteiger partial charge on any atom is 0.0643 e. The van der Waals surface area contributed by atoms with Gasteiger partial charge in [-0.3, -0.25) is 4.98 Å². The van der Waals surface area contributed by atoms with E-state index < -0.39 is 0 Å². The van der Waals surface area contributed by atoms with E-state index in [0.29, 0.717) is 11.8 Å². The summed E-state index contributed by atoms with van der Waals surface area (Å²) >= 11 is 0. The van der Waals surface area contributed by atoms with Crippen LogP contribution >= 0.6 is 0 Å². The molecule has 80 valence electrons. The van der Waals surface area contributed by atoms with Crippen LogP contribution in [0.25, 0.3) is 10.9 Å². The highest BCUT2D eigenvalue weighted by Gasteiger charge is 2.09. The van der Waals surface area contributed by atoms with Crippen LogP contribution in [0.5, 0.6) is 0 Å². The molecule has 15 heavy (non-hydrogen) atoms. The topological polar surface area (TPSA) is 28.7 Å². The van der Waals surface area contributed by atoms with Crippen LogP contribution in [0.15, 0.2) is 18.5 Å². The Balaban J connectivity index is 2.61. The number of hydrogen-bond donors (Lipinski definition) is 1. The third-order valence-corrected chi connectivity index (χ3v) is 2.83. The van der Waals surface area contributed by atoms with E-state index in [1.54, 1.807) is 0 Å². The van der Waals surface area contributed by atoms with Crippen molar-refractivity contribution >= 4 is 10.9 Å². The molecule has 0 bridgehead atoms. The molecule has 0 aliphatic carbocycles. The third kappa shape index (κ3) is 1.76. The second kappa shape index (κ2) is 3.69. The maximum absolute atomic E-state index is 4.45. The summed E-state index contributed by atoms with van der Waals surface area (Å²) in [5.74, 6) is 1.05. The van der Waals surface area contributed by atoms with Crippen LogP contribution in [0.4, 0.5) is 0 Å². The summed E-state index contributed by atoms with van der Waals surface area (Å²) in [6, 6.07) is 2.21. The number of aromatic amines is 1. The highest BCUT2D eigenvalue weighted by Crippen LogP contribution is 2.26. The minimum Gasteiger partial charge on any atom is -0.360 e. The molecule has 0 spiro atoms. The normalized spacial score (nSPS) is 11.9. The molecule has 0 aliphatic heterocycles. The summed E-state index contributed by atoms with van der Waals surface area (Å²) in [6.07, 6.45) is 4.04. The van der Waals surface area contributed by atoms with Crippen LogP contribution in [0.1, 0.15) is 50.8 Å². The molecule has 0 aliphatic rings. The Kier molecular flexibility index (Phi) is 2.51. The number of nitrogens with zero attached hydrogens (tertiary/aromatic N) is 1. The Morgan fingerprint density at radius 1 is 1.13 bits per heavy atom. The summed E-state index contributed by atoms with van der Waals surface area (Å²) in [7, 11) is 0. The first-order valence-corrected chi connectivity index (χ1v) is 5.56. The van der Waals surface area contributed by atoms with Gasteiger partial charge in [-0.15, -0.1) is 0 Å². The first kappa shape index (κ1) is 10.2. The lowest BCUT2D eigenvalue weighted by Gasteiger charge is -2.06. The molecular formula is C13H18N2. The molecule has 2 aromatic heterocycles. The van der Waals surface area contributed by atoms with Gasteiger partial charge in [0.25, 0.3) is 0 Å². The van der Waals surface area contributed by atoms with Crippen molar-refractivity contribution in [3.63, 3.8) is 0 Å². The Labute approximate surface area is 90.7 Å². The largest absolute Gasteiger partial charge is 0.360 e. The third-order valence-electron chi connectivity index (χ3n) is 2.83. The van der Waals surface area contributed by atoms with Gasteiger partial charge in [-0.1, -0.05) is 27.7 Å². The zero-order valence-corrected chi connectivity index (χ0v) is 9.83. The van der Waals surface area contributed by atoms with Crippen molar-refractivity contribution in [2.75, 3.05) is 0 Å². The predicted octanol–water partition coefficient (Wildman–Crippen LogP) is 3.81. The van der Waals surface area contributed by atoms with Crippen molar-refractivity contribution in [3.05, 3.63) is 29.7 Å². The average Bonchev–Trinajstić information content (AvgIpc) is 2.59. The van der Waals surface area contributed by atoms with Gasteiger partial charge < -0.3 is 4.98 Å². The minimum absolute atomic E-state index is 0.490. The smallest absolute Gasteiger partial charge is 0.0643 e. The first-order valence-electron chi connectivity index (χ1n) is 5.56. The first-order chi connectivity index (χ1) is 7.09. The van der Waals surface area contributed by atoms with Gasteiger partial charge in [-0.25, -0.2) is 0 Å². The van der Waals surface area contributed by atoms with Gasteiger partial charge in [0.05, 0.1) is 11.7 Å². The monoisotopic (exact) mass is 202 g/mol. The highest BCUT2D eigenvalue weighted by atomic mass is 14.7. The second-order valence-corrected chi connectivity index (χ2v) is 4.71. The molecule has 2 heterocycles. The second-order valence-electron chi connectivity index (χ2n) is 4.71. The summed E-state index contributed by atoms with van der Waals surface area (Å²) in [4.78, 5) is 7.72. The fourth-order valence-corrected chi connectivity index (χ4v) is 1.85. The van der Waals surface area contributed by atoms with Crippen LogP contribution in [-0.4, -0.2) is 9.97 Å². The van der Waals surface area contributed by atoms with Crippen LogP contribution < -0.4 is 0 Å². The molecule has 0 radical (unpaired) electrons. The van der Waals surface area contributed by atoms with E-state index in [9.17, 15) is 0 Å². The SMILES string of the molecule is CC(C)c1cc2c(C(C)C)c[nH]c2cn1. The molecule has 2 nitrogen and oxygen atoms in total. The maximum atomic E-state index is 4.45. The van der Waals surface area contributed by atoms with Crippen LogP contribution in [0.2, 0.25) is 0 Å². The predicted molar refractivity (Wildman–Crippen MR) is 64.3 cm³/mol. The summed E-state index contributed by atoms with van der Waals surface area (Å²) in [6.45, 7) is 8.79. The fourth-order valence-electron chi connectivity index (χ4n) is 1.85. The molecular weight excluding hydrogens is 184 g/mol. The Bertz CT molecular complexity index is 466. The van der Waals surface area contributed by atoms with Crippen molar-refractivity contribution in [2.24, 2.45) is 0 Å². The van der Waals surface area contributed by atoms with E-state index in [0.717, 1.165) is 5.52 Å². The lowest BCUT2D eigenvalue weighted by atomic mass is 10.0. The van der Waals surface area contributed by atoms with Crippen molar-refractivity contribution in [2.45, 2.75) is 39.5 Å². The number of hydrogen-bond acceptors (Lipinski definition) is 1. The zero-order chi connectivity index (χ0) is 11.0. The molecule has 0 saturated heterocycles. The molecule has 0 aromatic carbocycles. The van der Waals surface area contributed by atoms with Gasteiger partial charge in [-0.05, 0) is 23.5 Å². The molecule has 0 unspecified atom stereocenters. The zero-order valence-electron chi connectivity index (χ0n) is 9.83. The van der Waals surface area contributed by atoms with E-state index in [1.807, 2.05) is 6.20 Å². The molecule has 0 amide bonds. The van der Waals surface area contributed by atoms with Crippen molar-refractivity contribution in [1.29, 1.82) is 0 Å². The van der Waals surface area contributed by atoms with E-state index in [1.165, 1.54) is 16.6 Å².